The maximum atomic E-state index is 12.3. The average molecular weight is 402 g/mol. The van der Waals surface area contributed by atoms with Crippen molar-refractivity contribution in [3.63, 3.8) is 0 Å². The molecule has 0 bridgehead atoms. The quantitative estimate of drug-likeness (QED) is 0.284. The molecule has 1 N–H and O–H groups in total. The number of carbonyl (C=O) groups is 1. The predicted octanol–water partition coefficient (Wildman–Crippen LogP) is 5.19. The SMILES string of the molecule is Cc1cccc2c(/C=N\NC(=O)CSc3cccc4ccccc34)c(C)n(C)c12. The number of amides is 1. The molecule has 0 aliphatic heterocycles. The van der Waals surface area contributed by atoms with Crippen LogP contribution in [0.2, 0.25) is 0 Å². The largest absolute Gasteiger partial charge is 0.347 e. The number of hydrazone groups is 1. The summed E-state index contributed by atoms with van der Waals surface area (Å²) in [6.07, 6.45) is 1.75. The molecule has 4 rings (SSSR count). The zero-order valence-corrected chi connectivity index (χ0v) is 17.6. The van der Waals surface area contributed by atoms with Crippen molar-refractivity contribution < 1.29 is 4.79 Å². The number of para-hydroxylation sites is 1. The van der Waals surface area contributed by atoms with Gasteiger partial charge in [0.1, 0.15) is 0 Å². The Labute approximate surface area is 174 Å². The molecule has 0 aliphatic rings. The minimum Gasteiger partial charge on any atom is -0.347 e. The van der Waals surface area contributed by atoms with E-state index >= 15 is 0 Å². The average Bonchev–Trinajstić information content (AvgIpc) is 2.98. The van der Waals surface area contributed by atoms with Crippen molar-refractivity contribution in [3.05, 3.63) is 77.5 Å². The van der Waals surface area contributed by atoms with Crippen molar-refractivity contribution in [2.75, 3.05) is 5.75 Å². The second kappa shape index (κ2) is 8.13. The molecule has 1 aromatic heterocycles. The maximum Gasteiger partial charge on any atom is 0.250 e. The summed E-state index contributed by atoms with van der Waals surface area (Å²) in [4.78, 5) is 13.4. The molecule has 1 amide bonds. The summed E-state index contributed by atoms with van der Waals surface area (Å²) in [7, 11) is 2.06. The molecular weight excluding hydrogens is 378 g/mol. The van der Waals surface area contributed by atoms with E-state index in [9.17, 15) is 4.79 Å². The summed E-state index contributed by atoms with van der Waals surface area (Å²) in [5.74, 6) is 0.201. The molecule has 0 fully saturated rings. The Bertz CT molecular complexity index is 1230. The molecule has 1 heterocycles. The number of aromatic nitrogens is 1. The van der Waals surface area contributed by atoms with Gasteiger partial charge in [0.25, 0.3) is 0 Å². The van der Waals surface area contributed by atoms with E-state index in [1.54, 1.807) is 6.21 Å². The first kappa shape index (κ1) is 19.3. The Morgan fingerprint density at radius 1 is 1.03 bits per heavy atom. The first-order valence-electron chi connectivity index (χ1n) is 9.53. The maximum absolute atomic E-state index is 12.3. The zero-order chi connectivity index (χ0) is 20.4. The van der Waals surface area contributed by atoms with Gasteiger partial charge in [0.15, 0.2) is 0 Å². The van der Waals surface area contributed by atoms with Crippen molar-refractivity contribution in [1.82, 2.24) is 9.99 Å². The zero-order valence-electron chi connectivity index (χ0n) is 16.8. The first-order chi connectivity index (χ1) is 14.1. The van der Waals surface area contributed by atoms with E-state index in [4.69, 9.17) is 0 Å². The van der Waals surface area contributed by atoms with E-state index in [0.717, 1.165) is 26.9 Å². The first-order valence-corrected chi connectivity index (χ1v) is 10.5. The van der Waals surface area contributed by atoms with Crippen LogP contribution < -0.4 is 5.43 Å². The number of thioether (sulfide) groups is 1. The van der Waals surface area contributed by atoms with Crippen molar-refractivity contribution >= 4 is 45.6 Å². The van der Waals surface area contributed by atoms with Crippen LogP contribution in [0.15, 0.2) is 70.7 Å². The standard InChI is InChI=1S/C24H23N3OS/c1-16-8-6-12-20-21(17(2)27(3)24(16)20)14-25-26-23(28)15-29-22-13-7-10-18-9-4-5-11-19(18)22/h4-14H,15H2,1-3H3,(H,26,28)/b25-14-. The lowest BCUT2D eigenvalue weighted by Crippen LogP contribution is -2.19. The molecule has 29 heavy (non-hydrogen) atoms. The summed E-state index contributed by atoms with van der Waals surface area (Å²) in [5, 5.41) is 7.71. The van der Waals surface area contributed by atoms with Gasteiger partial charge in [-0.05, 0) is 36.2 Å². The summed E-state index contributed by atoms with van der Waals surface area (Å²) < 4.78 is 2.17. The number of hydrogen-bond donors (Lipinski definition) is 1. The van der Waals surface area contributed by atoms with Crippen molar-refractivity contribution in [1.29, 1.82) is 0 Å². The van der Waals surface area contributed by atoms with Crippen molar-refractivity contribution in [2.45, 2.75) is 18.7 Å². The fraction of sp³-hybridized carbons (Fsp3) is 0.167. The highest BCUT2D eigenvalue weighted by atomic mass is 32.2. The number of rotatable bonds is 5. The van der Waals surface area contributed by atoms with E-state index in [2.05, 4.69) is 66.3 Å². The van der Waals surface area contributed by atoms with E-state index in [1.165, 1.54) is 28.2 Å². The Kier molecular flexibility index (Phi) is 5.41. The van der Waals surface area contributed by atoms with E-state index < -0.39 is 0 Å². The highest BCUT2D eigenvalue weighted by Crippen LogP contribution is 2.28. The van der Waals surface area contributed by atoms with Gasteiger partial charge < -0.3 is 4.57 Å². The molecule has 146 valence electrons. The third kappa shape index (κ3) is 3.78. The Morgan fingerprint density at radius 3 is 2.62 bits per heavy atom. The van der Waals surface area contributed by atoms with Gasteiger partial charge >= 0.3 is 0 Å². The fourth-order valence-electron chi connectivity index (χ4n) is 3.69. The van der Waals surface area contributed by atoms with Gasteiger partial charge in [0.2, 0.25) is 5.91 Å². The number of benzene rings is 3. The molecule has 3 aromatic carbocycles. The van der Waals surface area contributed by atoms with E-state index in [1.807, 2.05) is 30.3 Å². The lowest BCUT2D eigenvalue weighted by Gasteiger charge is -2.05. The predicted molar refractivity (Wildman–Crippen MR) is 123 cm³/mol. The van der Waals surface area contributed by atoms with Gasteiger partial charge in [-0.2, -0.15) is 5.10 Å². The fourth-order valence-corrected chi connectivity index (χ4v) is 4.56. The molecule has 0 aliphatic carbocycles. The normalized spacial score (nSPS) is 11.6. The summed E-state index contributed by atoms with van der Waals surface area (Å²) >= 11 is 1.53. The van der Waals surface area contributed by atoms with Gasteiger partial charge in [-0.3, -0.25) is 4.79 Å². The van der Waals surface area contributed by atoms with Gasteiger partial charge in [-0.1, -0.05) is 54.6 Å². The molecule has 4 aromatic rings. The smallest absolute Gasteiger partial charge is 0.250 e. The summed E-state index contributed by atoms with van der Waals surface area (Å²) in [6.45, 7) is 4.17. The molecular formula is C24H23N3OS. The molecule has 0 saturated carbocycles. The summed E-state index contributed by atoms with van der Waals surface area (Å²) in [5.41, 5.74) is 7.25. The molecule has 0 radical (unpaired) electrons. The van der Waals surface area contributed by atoms with Crippen molar-refractivity contribution in [3.8, 4) is 0 Å². The number of carbonyl (C=O) groups excluding carboxylic acids is 1. The third-order valence-electron chi connectivity index (χ3n) is 5.25. The van der Waals surface area contributed by atoms with Crippen LogP contribution in [-0.4, -0.2) is 22.4 Å². The molecule has 5 heteroatoms. The van der Waals surface area contributed by atoms with Gasteiger partial charge in [-0.25, -0.2) is 5.43 Å². The Hall–Kier alpha value is -3.05. The third-order valence-corrected chi connectivity index (χ3v) is 6.32. The van der Waals surface area contributed by atoms with Crippen LogP contribution in [0.1, 0.15) is 16.8 Å². The van der Waals surface area contributed by atoms with Crippen LogP contribution in [0.4, 0.5) is 0 Å². The van der Waals surface area contributed by atoms with E-state index in [-0.39, 0.29) is 5.91 Å². The molecule has 4 nitrogen and oxygen atoms in total. The van der Waals surface area contributed by atoms with Crippen LogP contribution in [0.5, 0.6) is 0 Å². The highest BCUT2D eigenvalue weighted by Gasteiger charge is 2.12. The van der Waals surface area contributed by atoms with Gasteiger partial charge in [-0.15, -0.1) is 11.8 Å². The number of nitrogens with zero attached hydrogens (tertiary/aromatic N) is 2. The number of nitrogens with one attached hydrogen (secondary N) is 1. The number of hydrogen-bond acceptors (Lipinski definition) is 3. The monoisotopic (exact) mass is 401 g/mol. The molecule has 0 atom stereocenters. The topological polar surface area (TPSA) is 46.4 Å². The van der Waals surface area contributed by atoms with Crippen LogP contribution in [0.3, 0.4) is 0 Å². The van der Waals surface area contributed by atoms with Crippen LogP contribution in [0, 0.1) is 13.8 Å². The van der Waals surface area contributed by atoms with Gasteiger partial charge in [0.05, 0.1) is 17.5 Å². The van der Waals surface area contributed by atoms with Crippen LogP contribution in [0.25, 0.3) is 21.7 Å². The van der Waals surface area contributed by atoms with Crippen molar-refractivity contribution in [2.24, 2.45) is 12.1 Å². The van der Waals surface area contributed by atoms with Gasteiger partial charge in [0, 0.05) is 28.6 Å². The highest BCUT2D eigenvalue weighted by molar-refractivity contribution is 8.00. The van der Waals surface area contributed by atoms with E-state index in [0.29, 0.717) is 5.75 Å². The lowest BCUT2D eigenvalue weighted by molar-refractivity contribution is -0.118. The lowest BCUT2D eigenvalue weighted by atomic mass is 10.1. The molecule has 0 spiro atoms. The second-order valence-corrected chi connectivity index (χ2v) is 8.11. The number of fused-ring (bicyclic) bond motifs is 2. The number of aryl methyl sites for hydroxylation is 2. The minimum atomic E-state index is -0.117. The molecule has 0 saturated heterocycles. The molecule has 0 unspecified atom stereocenters. The Balaban J connectivity index is 1.45. The Morgan fingerprint density at radius 2 is 1.76 bits per heavy atom. The minimum absolute atomic E-state index is 0.117. The second-order valence-electron chi connectivity index (χ2n) is 7.09. The van der Waals surface area contributed by atoms with Crippen LogP contribution in [-0.2, 0) is 11.8 Å². The van der Waals surface area contributed by atoms with Crippen LogP contribution >= 0.6 is 11.8 Å². The summed E-state index contributed by atoms with van der Waals surface area (Å²) in [6, 6.07) is 20.6.